The molecule has 2 rings (SSSR count). The van der Waals surface area contributed by atoms with E-state index in [0.29, 0.717) is 13.0 Å². The molecule has 0 aliphatic rings. The zero-order chi connectivity index (χ0) is 15.1. The molecule has 0 bridgehead atoms. The van der Waals surface area contributed by atoms with Crippen LogP contribution in [0.3, 0.4) is 0 Å². The number of hydrogen-bond acceptors (Lipinski definition) is 2. The van der Waals surface area contributed by atoms with Crippen LogP contribution in [-0.2, 0) is 9.59 Å². The Hall–Kier alpha value is -2.42. The van der Waals surface area contributed by atoms with Gasteiger partial charge in [0, 0.05) is 13.0 Å². The van der Waals surface area contributed by atoms with E-state index in [1.54, 1.807) is 0 Å². The summed E-state index contributed by atoms with van der Waals surface area (Å²) in [5, 5.41) is 2.85. The first-order valence-corrected chi connectivity index (χ1v) is 7.05. The number of benzene rings is 2. The Labute approximate surface area is 125 Å². The third kappa shape index (κ3) is 4.28. The van der Waals surface area contributed by atoms with E-state index in [1.807, 2.05) is 60.7 Å². The minimum atomic E-state index is -0.348. The van der Waals surface area contributed by atoms with Crippen molar-refractivity contribution < 1.29 is 9.59 Å². The number of ketones is 1. The van der Waals surface area contributed by atoms with Crippen molar-refractivity contribution in [1.29, 1.82) is 0 Å². The molecule has 3 nitrogen and oxygen atoms in total. The molecule has 0 aliphatic heterocycles. The van der Waals surface area contributed by atoms with Gasteiger partial charge in [0.05, 0.1) is 5.92 Å². The summed E-state index contributed by atoms with van der Waals surface area (Å²) in [6.07, 6.45) is 0.363. The predicted octanol–water partition coefficient (Wildman–Crippen LogP) is 2.91. The van der Waals surface area contributed by atoms with Gasteiger partial charge in [0.1, 0.15) is 5.78 Å². The van der Waals surface area contributed by atoms with Gasteiger partial charge in [-0.25, -0.2) is 0 Å². The molecule has 1 amide bonds. The summed E-state index contributed by atoms with van der Waals surface area (Å²) in [5.41, 5.74) is 1.90. The van der Waals surface area contributed by atoms with E-state index in [-0.39, 0.29) is 17.6 Å². The Morgan fingerprint density at radius 2 is 1.38 bits per heavy atom. The fourth-order valence-electron chi connectivity index (χ4n) is 2.25. The Morgan fingerprint density at radius 3 is 1.81 bits per heavy atom. The van der Waals surface area contributed by atoms with E-state index in [9.17, 15) is 9.59 Å². The Balaban J connectivity index is 2.21. The summed E-state index contributed by atoms with van der Waals surface area (Å²) in [4.78, 5) is 23.5. The van der Waals surface area contributed by atoms with E-state index in [1.165, 1.54) is 6.92 Å². The number of amides is 1. The van der Waals surface area contributed by atoms with E-state index >= 15 is 0 Å². The van der Waals surface area contributed by atoms with Gasteiger partial charge in [0.25, 0.3) is 0 Å². The van der Waals surface area contributed by atoms with Gasteiger partial charge in [-0.3, -0.25) is 9.59 Å². The number of carbonyl (C=O) groups excluding carboxylic acids is 2. The molecular formula is C18H19NO2. The quantitative estimate of drug-likeness (QED) is 0.885. The molecule has 0 saturated carbocycles. The van der Waals surface area contributed by atoms with Crippen molar-refractivity contribution >= 4 is 11.7 Å². The highest BCUT2D eigenvalue weighted by Gasteiger charge is 2.21. The summed E-state index contributed by atoms with van der Waals surface area (Å²) in [7, 11) is 0. The lowest BCUT2D eigenvalue weighted by Gasteiger charge is -2.17. The second-order valence-corrected chi connectivity index (χ2v) is 5.00. The molecule has 1 N–H and O–H groups in total. The van der Waals surface area contributed by atoms with Gasteiger partial charge in [-0.2, -0.15) is 0 Å². The molecule has 0 saturated heterocycles. The molecule has 3 heteroatoms. The molecule has 0 unspecified atom stereocenters. The molecule has 21 heavy (non-hydrogen) atoms. The average Bonchev–Trinajstić information content (AvgIpc) is 2.49. The molecule has 0 heterocycles. The third-order valence-electron chi connectivity index (χ3n) is 3.30. The Kier molecular flexibility index (Phi) is 5.27. The van der Waals surface area contributed by atoms with E-state index in [4.69, 9.17) is 0 Å². The van der Waals surface area contributed by atoms with Crippen molar-refractivity contribution in [2.75, 3.05) is 6.54 Å². The second-order valence-electron chi connectivity index (χ2n) is 5.00. The van der Waals surface area contributed by atoms with E-state index in [2.05, 4.69) is 5.32 Å². The largest absolute Gasteiger partial charge is 0.355 e. The molecule has 0 spiro atoms. The molecule has 2 aromatic rings. The lowest BCUT2D eigenvalue weighted by Crippen LogP contribution is -2.31. The van der Waals surface area contributed by atoms with Crippen LogP contribution in [0, 0.1) is 0 Å². The fraction of sp³-hybridized carbons (Fsp3) is 0.222. The number of hydrogen-bond donors (Lipinski definition) is 1. The van der Waals surface area contributed by atoms with Crippen molar-refractivity contribution in [3.63, 3.8) is 0 Å². The molecule has 0 aromatic heterocycles. The summed E-state index contributed by atoms with van der Waals surface area (Å²) in [5.74, 6) is -0.348. The number of rotatable bonds is 6. The minimum Gasteiger partial charge on any atom is -0.355 e. The standard InChI is InChI=1S/C18H19NO2/c1-14(20)12-13-19-18(21)17(15-8-4-2-5-9-15)16-10-6-3-7-11-16/h2-11,17H,12-13H2,1H3,(H,19,21). The lowest BCUT2D eigenvalue weighted by molar-refractivity contribution is -0.121. The van der Waals surface area contributed by atoms with Crippen molar-refractivity contribution in [3.8, 4) is 0 Å². The highest BCUT2D eigenvalue weighted by Crippen LogP contribution is 2.24. The van der Waals surface area contributed by atoms with Crippen molar-refractivity contribution in [2.45, 2.75) is 19.3 Å². The molecule has 0 radical (unpaired) electrons. The zero-order valence-electron chi connectivity index (χ0n) is 12.1. The minimum absolute atomic E-state index is 0.0753. The van der Waals surface area contributed by atoms with Gasteiger partial charge < -0.3 is 5.32 Å². The van der Waals surface area contributed by atoms with Gasteiger partial charge in [0.2, 0.25) is 5.91 Å². The number of nitrogens with one attached hydrogen (secondary N) is 1. The topological polar surface area (TPSA) is 46.2 Å². The highest BCUT2D eigenvalue weighted by molar-refractivity contribution is 5.87. The summed E-state index contributed by atoms with van der Waals surface area (Å²) < 4.78 is 0. The maximum atomic E-state index is 12.5. The molecule has 2 aromatic carbocycles. The molecule has 0 atom stereocenters. The van der Waals surface area contributed by atoms with Crippen molar-refractivity contribution in [3.05, 3.63) is 71.8 Å². The molecular weight excluding hydrogens is 262 g/mol. The first-order chi connectivity index (χ1) is 10.2. The maximum Gasteiger partial charge on any atom is 0.232 e. The summed E-state index contributed by atoms with van der Waals surface area (Å²) in [6, 6.07) is 19.3. The monoisotopic (exact) mass is 281 g/mol. The highest BCUT2D eigenvalue weighted by atomic mass is 16.2. The van der Waals surface area contributed by atoms with Crippen LogP contribution >= 0.6 is 0 Å². The smallest absolute Gasteiger partial charge is 0.232 e. The van der Waals surface area contributed by atoms with Crippen LogP contribution in [0.4, 0.5) is 0 Å². The number of Topliss-reactive ketones (excluding diaryl/α,β-unsaturated/α-hetero) is 1. The SMILES string of the molecule is CC(=O)CCNC(=O)C(c1ccccc1)c1ccccc1. The number of carbonyl (C=O) groups is 2. The molecule has 0 fully saturated rings. The predicted molar refractivity (Wildman–Crippen MR) is 83.0 cm³/mol. The van der Waals surface area contributed by atoms with Crippen LogP contribution < -0.4 is 5.32 Å². The first kappa shape index (κ1) is 15.0. The van der Waals surface area contributed by atoms with Crippen LogP contribution in [0.2, 0.25) is 0 Å². The van der Waals surface area contributed by atoms with Crippen LogP contribution in [0.15, 0.2) is 60.7 Å². The molecule has 0 aliphatic carbocycles. The molecule has 108 valence electrons. The van der Waals surface area contributed by atoms with Gasteiger partial charge in [0.15, 0.2) is 0 Å². The van der Waals surface area contributed by atoms with Gasteiger partial charge in [-0.1, -0.05) is 60.7 Å². The van der Waals surface area contributed by atoms with Gasteiger partial charge >= 0.3 is 0 Å². The Morgan fingerprint density at radius 1 is 0.905 bits per heavy atom. The zero-order valence-corrected chi connectivity index (χ0v) is 12.1. The van der Waals surface area contributed by atoms with Crippen LogP contribution in [0.25, 0.3) is 0 Å². The third-order valence-corrected chi connectivity index (χ3v) is 3.30. The van der Waals surface area contributed by atoms with Crippen LogP contribution in [-0.4, -0.2) is 18.2 Å². The van der Waals surface area contributed by atoms with Crippen LogP contribution in [0.5, 0.6) is 0 Å². The summed E-state index contributed by atoms with van der Waals surface area (Å²) >= 11 is 0. The van der Waals surface area contributed by atoms with E-state index < -0.39 is 0 Å². The van der Waals surface area contributed by atoms with Crippen molar-refractivity contribution in [1.82, 2.24) is 5.32 Å². The van der Waals surface area contributed by atoms with Crippen LogP contribution in [0.1, 0.15) is 30.4 Å². The summed E-state index contributed by atoms with van der Waals surface area (Å²) in [6.45, 7) is 1.91. The van der Waals surface area contributed by atoms with Gasteiger partial charge in [-0.05, 0) is 18.1 Å². The van der Waals surface area contributed by atoms with Crippen molar-refractivity contribution in [2.24, 2.45) is 0 Å². The Bertz CT molecular complexity index is 554. The normalized spacial score (nSPS) is 10.4. The fourth-order valence-corrected chi connectivity index (χ4v) is 2.25. The first-order valence-electron chi connectivity index (χ1n) is 7.05. The average molecular weight is 281 g/mol. The van der Waals surface area contributed by atoms with Gasteiger partial charge in [-0.15, -0.1) is 0 Å². The lowest BCUT2D eigenvalue weighted by atomic mass is 9.90. The maximum absolute atomic E-state index is 12.5. The second kappa shape index (κ2) is 7.39. The van der Waals surface area contributed by atoms with E-state index in [0.717, 1.165) is 11.1 Å².